The molecule has 1 aliphatic carbocycles. The number of hydrogen-bond donors (Lipinski definition) is 1. The topological polar surface area (TPSA) is 15.3 Å². The van der Waals surface area contributed by atoms with Crippen molar-refractivity contribution in [2.24, 2.45) is 5.41 Å². The second-order valence-corrected chi connectivity index (χ2v) is 7.82. The van der Waals surface area contributed by atoms with Crippen LogP contribution in [0.1, 0.15) is 78.6 Å². The highest BCUT2D eigenvalue weighted by atomic mass is 15.2. The van der Waals surface area contributed by atoms with Gasteiger partial charge in [-0.1, -0.05) is 40.0 Å². The molecule has 2 aliphatic rings. The summed E-state index contributed by atoms with van der Waals surface area (Å²) < 4.78 is 0. The summed E-state index contributed by atoms with van der Waals surface area (Å²) in [5, 5.41) is 3.86. The van der Waals surface area contributed by atoms with Crippen LogP contribution in [0.4, 0.5) is 0 Å². The van der Waals surface area contributed by atoms with Gasteiger partial charge in [-0.15, -0.1) is 0 Å². The van der Waals surface area contributed by atoms with Crippen LogP contribution in [0.3, 0.4) is 0 Å². The van der Waals surface area contributed by atoms with E-state index in [1.807, 2.05) is 0 Å². The molecule has 118 valence electrons. The second kappa shape index (κ2) is 7.79. The van der Waals surface area contributed by atoms with Crippen molar-refractivity contribution in [3.63, 3.8) is 0 Å². The van der Waals surface area contributed by atoms with Gasteiger partial charge in [0.05, 0.1) is 0 Å². The van der Waals surface area contributed by atoms with Gasteiger partial charge >= 0.3 is 0 Å². The van der Waals surface area contributed by atoms with E-state index >= 15 is 0 Å². The van der Waals surface area contributed by atoms with Gasteiger partial charge in [-0.05, 0) is 63.6 Å². The third kappa shape index (κ3) is 4.73. The fraction of sp³-hybridized carbons (Fsp3) is 1.00. The minimum Gasteiger partial charge on any atom is -0.312 e. The summed E-state index contributed by atoms with van der Waals surface area (Å²) in [5.41, 5.74) is 0.561. The summed E-state index contributed by atoms with van der Waals surface area (Å²) in [7, 11) is 0. The van der Waals surface area contributed by atoms with Crippen LogP contribution < -0.4 is 5.32 Å². The van der Waals surface area contributed by atoms with Gasteiger partial charge in [0.15, 0.2) is 0 Å². The van der Waals surface area contributed by atoms with E-state index in [0.717, 1.165) is 12.1 Å². The van der Waals surface area contributed by atoms with E-state index < -0.39 is 0 Å². The first-order valence-electron chi connectivity index (χ1n) is 9.10. The first-order chi connectivity index (χ1) is 9.62. The molecule has 0 aromatic heterocycles. The van der Waals surface area contributed by atoms with E-state index in [0.29, 0.717) is 5.41 Å². The smallest absolute Gasteiger partial charge is 0.0249 e. The number of likely N-dealkylation sites (tertiary alicyclic amines) is 1. The van der Waals surface area contributed by atoms with Gasteiger partial charge in [-0.25, -0.2) is 0 Å². The number of hydrogen-bond acceptors (Lipinski definition) is 2. The van der Waals surface area contributed by atoms with Crippen LogP contribution in [0.2, 0.25) is 0 Å². The lowest BCUT2D eigenvalue weighted by Crippen LogP contribution is -2.50. The van der Waals surface area contributed by atoms with Crippen molar-refractivity contribution in [3.8, 4) is 0 Å². The molecule has 0 bridgehead atoms. The fourth-order valence-electron chi connectivity index (χ4n) is 4.07. The van der Waals surface area contributed by atoms with Crippen LogP contribution in [0, 0.1) is 5.41 Å². The maximum Gasteiger partial charge on any atom is 0.0249 e. The van der Waals surface area contributed by atoms with Crippen molar-refractivity contribution in [1.82, 2.24) is 10.2 Å². The Morgan fingerprint density at radius 1 is 1.00 bits per heavy atom. The van der Waals surface area contributed by atoms with Gasteiger partial charge in [0.2, 0.25) is 0 Å². The molecule has 0 aromatic carbocycles. The zero-order chi connectivity index (χ0) is 14.4. The highest BCUT2D eigenvalue weighted by Gasteiger charge is 2.31. The van der Waals surface area contributed by atoms with E-state index in [2.05, 4.69) is 31.0 Å². The van der Waals surface area contributed by atoms with E-state index in [1.165, 1.54) is 77.4 Å². The monoisotopic (exact) mass is 280 g/mol. The largest absolute Gasteiger partial charge is 0.312 e. The molecule has 1 saturated heterocycles. The van der Waals surface area contributed by atoms with Crippen molar-refractivity contribution in [2.75, 3.05) is 19.6 Å². The quantitative estimate of drug-likeness (QED) is 0.776. The average Bonchev–Trinajstić information content (AvgIpc) is 2.74. The molecule has 2 atom stereocenters. The van der Waals surface area contributed by atoms with E-state index in [1.54, 1.807) is 0 Å². The van der Waals surface area contributed by atoms with E-state index in [4.69, 9.17) is 0 Å². The molecule has 1 saturated carbocycles. The molecule has 1 aliphatic heterocycles. The van der Waals surface area contributed by atoms with Gasteiger partial charge in [-0.3, -0.25) is 4.90 Å². The maximum atomic E-state index is 3.86. The Morgan fingerprint density at radius 2 is 1.80 bits per heavy atom. The van der Waals surface area contributed by atoms with Gasteiger partial charge in [-0.2, -0.15) is 0 Å². The van der Waals surface area contributed by atoms with Crippen molar-refractivity contribution in [3.05, 3.63) is 0 Å². The predicted molar refractivity (Wildman–Crippen MR) is 88.2 cm³/mol. The van der Waals surface area contributed by atoms with E-state index in [-0.39, 0.29) is 0 Å². The summed E-state index contributed by atoms with van der Waals surface area (Å²) in [6, 6.07) is 1.55. The van der Waals surface area contributed by atoms with Crippen LogP contribution >= 0.6 is 0 Å². The van der Waals surface area contributed by atoms with Gasteiger partial charge in [0, 0.05) is 12.1 Å². The Labute approximate surface area is 126 Å². The van der Waals surface area contributed by atoms with E-state index in [9.17, 15) is 0 Å². The Kier molecular flexibility index (Phi) is 6.35. The standard InChI is InChI=1S/C18H36N2/c1-4-13-19-16-9-6-5-7-10-17(16)20-14-8-11-18(2,3)12-15-20/h16-17,19H,4-15H2,1-3H3. The second-order valence-electron chi connectivity index (χ2n) is 7.82. The number of nitrogens with zero attached hydrogens (tertiary/aromatic N) is 1. The first kappa shape index (κ1) is 16.3. The van der Waals surface area contributed by atoms with Crippen molar-refractivity contribution >= 4 is 0 Å². The highest BCUT2D eigenvalue weighted by molar-refractivity contribution is 4.89. The molecule has 2 rings (SSSR count). The zero-order valence-electron chi connectivity index (χ0n) is 14.1. The normalized spacial score (nSPS) is 32.5. The molecule has 0 aromatic rings. The summed E-state index contributed by atoms with van der Waals surface area (Å²) in [5.74, 6) is 0. The van der Waals surface area contributed by atoms with Crippen molar-refractivity contribution < 1.29 is 0 Å². The highest BCUT2D eigenvalue weighted by Crippen LogP contribution is 2.32. The minimum absolute atomic E-state index is 0.561. The zero-order valence-corrected chi connectivity index (χ0v) is 14.1. The maximum absolute atomic E-state index is 3.86. The van der Waals surface area contributed by atoms with Gasteiger partial charge in [0.25, 0.3) is 0 Å². The Hall–Kier alpha value is -0.0800. The van der Waals surface area contributed by atoms with Crippen LogP contribution in [0.25, 0.3) is 0 Å². The van der Waals surface area contributed by atoms with Crippen LogP contribution in [-0.2, 0) is 0 Å². The average molecular weight is 280 g/mol. The lowest BCUT2D eigenvalue weighted by Gasteiger charge is -2.36. The van der Waals surface area contributed by atoms with Gasteiger partial charge in [0.1, 0.15) is 0 Å². The molecule has 0 radical (unpaired) electrons. The minimum atomic E-state index is 0.561. The first-order valence-corrected chi connectivity index (χ1v) is 9.10. The Bertz CT molecular complexity index is 275. The Balaban J connectivity index is 1.98. The lowest BCUT2D eigenvalue weighted by atomic mass is 9.85. The molecule has 1 heterocycles. The summed E-state index contributed by atoms with van der Waals surface area (Å²) >= 11 is 0. The molecule has 0 amide bonds. The third-order valence-corrected chi connectivity index (χ3v) is 5.48. The van der Waals surface area contributed by atoms with Crippen molar-refractivity contribution in [1.29, 1.82) is 0 Å². The molecular formula is C18H36N2. The molecule has 1 N–H and O–H groups in total. The molecule has 2 nitrogen and oxygen atoms in total. The summed E-state index contributed by atoms with van der Waals surface area (Å²) in [6.07, 6.45) is 12.6. The molecule has 2 fully saturated rings. The SMILES string of the molecule is CCCNC1CCCCCC1N1CCCC(C)(C)CC1. The molecule has 20 heavy (non-hydrogen) atoms. The summed E-state index contributed by atoms with van der Waals surface area (Å²) in [4.78, 5) is 2.84. The number of rotatable bonds is 4. The third-order valence-electron chi connectivity index (χ3n) is 5.48. The van der Waals surface area contributed by atoms with Crippen LogP contribution in [-0.4, -0.2) is 36.6 Å². The van der Waals surface area contributed by atoms with Crippen molar-refractivity contribution in [2.45, 2.75) is 90.6 Å². The fourth-order valence-corrected chi connectivity index (χ4v) is 4.07. The molecule has 2 heteroatoms. The predicted octanol–water partition coefficient (Wildman–Crippen LogP) is 4.20. The van der Waals surface area contributed by atoms with Crippen LogP contribution in [0.5, 0.6) is 0 Å². The molecule has 2 unspecified atom stereocenters. The molecule has 0 spiro atoms. The summed E-state index contributed by atoms with van der Waals surface area (Å²) in [6.45, 7) is 11.0. The van der Waals surface area contributed by atoms with Crippen LogP contribution in [0.15, 0.2) is 0 Å². The lowest BCUT2D eigenvalue weighted by molar-refractivity contribution is 0.148. The van der Waals surface area contributed by atoms with Gasteiger partial charge < -0.3 is 5.32 Å². The Morgan fingerprint density at radius 3 is 2.60 bits per heavy atom. The molecular weight excluding hydrogens is 244 g/mol. The number of nitrogens with one attached hydrogen (secondary N) is 1.